The van der Waals surface area contributed by atoms with Crippen molar-refractivity contribution in [3.05, 3.63) is 28.8 Å². The SMILES string of the molecule is C[C@@](N)(C(=O)O)c1cc(Cl)cnc1F. The topological polar surface area (TPSA) is 76.2 Å². The van der Waals surface area contributed by atoms with Crippen molar-refractivity contribution in [2.75, 3.05) is 0 Å². The molecule has 0 spiro atoms. The second-order valence-electron chi connectivity index (χ2n) is 3.00. The number of halogens is 2. The maximum atomic E-state index is 13.1. The minimum atomic E-state index is -1.83. The van der Waals surface area contributed by atoms with E-state index in [4.69, 9.17) is 22.4 Å². The van der Waals surface area contributed by atoms with Crippen LogP contribution in [0.1, 0.15) is 12.5 Å². The molecule has 0 amide bonds. The lowest BCUT2D eigenvalue weighted by molar-refractivity contribution is -0.143. The number of rotatable bonds is 2. The predicted molar refractivity (Wildman–Crippen MR) is 48.4 cm³/mol. The molecule has 0 aliphatic carbocycles. The lowest BCUT2D eigenvalue weighted by Gasteiger charge is -2.19. The van der Waals surface area contributed by atoms with E-state index >= 15 is 0 Å². The summed E-state index contributed by atoms with van der Waals surface area (Å²) in [5.74, 6) is -2.28. The standard InChI is InChI=1S/C8H8ClFN2O2/c1-8(11,7(13)14)5-2-4(9)3-12-6(5)10/h2-3H,11H2,1H3,(H,13,14)/t8-/m0/s1. The largest absolute Gasteiger partial charge is 0.480 e. The van der Waals surface area contributed by atoms with Crippen LogP contribution in [-0.2, 0) is 10.3 Å². The van der Waals surface area contributed by atoms with Crippen LogP contribution in [0, 0.1) is 5.95 Å². The summed E-state index contributed by atoms with van der Waals surface area (Å²) < 4.78 is 13.1. The van der Waals surface area contributed by atoms with Gasteiger partial charge >= 0.3 is 5.97 Å². The molecule has 1 atom stereocenters. The minimum Gasteiger partial charge on any atom is -0.480 e. The molecule has 1 heterocycles. The van der Waals surface area contributed by atoms with Crippen LogP contribution >= 0.6 is 11.6 Å². The van der Waals surface area contributed by atoms with Crippen LogP contribution in [0.25, 0.3) is 0 Å². The molecule has 6 heteroatoms. The number of carboxylic acid groups (broad SMARTS) is 1. The minimum absolute atomic E-state index is 0.138. The molecule has 1 aromatic rings. The number of aromatic nitrogens is 1. The van der Waals surface area contributed by atoms with Crippen LogP contribution in [0.5, 0.6) is 0 Å². The van der Waals surface area contributed by atoms with Crippen LogP contribution in [-0.4, -0.2) is 16.1 Å². The average Bonchev–Trinajstić information content (AvgIpc) is 2.08. The fourth-order valence-corrected chi connectivity index (χ4v) is 1.06. The number of carboxylic acids is 1. The van der Waals surface area contributed by atoms with Crippen molar-refractivity contribution in [2.24, 2.45) is 5.73 Å². The first kappa shape index (κ1) is 10.9. The van der Waals surface area contributed by atoms with Gasteiger partial charge in [0.2, 0.25) is 5.95 Å². The van der Waals surface area contributed by atoms with Crippen molar-refractivity contribution in [3.63, 3.8) is 0 Å². The first-order valence-electron chi connectivity index (χ1n) is 3.69. The highest BCUT2D eigenvalue weighted by molar-refractivity contribution is 6.30. The molecule has 3 N–H and O–H groups in total. The molecule has 1 aromatic heterocycles. The van der Waals surface area contributed by atoms with E-state index in [0.717, 1.165) is 12.3 Å². The van der Waals surface area contributed by atoms with Crippen molar-refractivity contribution in [1.82, 2.24) is 4.98 Å². The maximum Gasteiger partial charge on any atom is 0.328 e. The Balaban J connectivity index is 3.31. The summed E-state index contributed by atoms with van der Waals surface area (Å²) in [5.41, 5.74) is 3.34. The average molecular weight is 219 g/mol. The molecule has 0 unspecified atom stereocenters. The van der Waals surface area contributed by atoms with Gasteiger partial charge in [0.1, 0.15) is 5.54 Å². The summed E-state index contributed by atoms with van der Waals surface area (Å²) >= 11 is 5.55. The van der Waals surface area contributed by atoms with Crippen molar-refractivity contribution >= 4 is 17.6 Å². The second-order valence-corrected chi connectivity index (χ2v) is 3.44. The Morgan fingerprint density at radius 3 is 2.86 bits per heavy atom. The van der Waals surface area contributed by atoms with Gasteiger partial charge < -0.3 is 10.8 Å². The smallest absolute Gasteiger partial charge is 0.328 e. The molecule has 0 aliphatic heterocycles. The van der Waals surface area contributed by atoms with E-state index in [1.165, 1.54) is 6.92 Å². The van der Waals surface area contributed by atoms with E-state index in [9.17, 15) is 9.18 Å². The van der Waals surface area contributed by atoms with Gasteiger partial charge in [0, 0.05) is 11.8 Å². The molecule has 0 saturated heterocycles. The number of hydrogen-bond acceptors (Lipinski definition) is 3. The molecule has 0 aliphatic rings. The highest BCUT2D eigenvalue weighted by Gasteiger charge is 2.33. The van der Waals surface area contributed by atoms with E-state index < -0.39 is 17.5 Å². The first-order valence-corrected chi connectivity index (χ1v) is 4.07. The molecular weight excluding hydrogens is 211 g/mol. The van der Waals surface area contributed by atoms with Crippen LogP contribution in [0.2, 0.25) is 5.02 Å². The fraction of sp³-hybridized carbons (Fsp3) is 0.250. The van der Waals surface area contributed by atoms with Gasteiger partial charge in [0.25, 0.3) is 0 Å². The Labute approximate surface area is 84.5 Å². The Bertz CT molecular complexity index is 382. The summed E-state index contributed by atoms with van der Waals surface area (Å²) in [7, 11) is 0. The van der Waals surface area contributed by atoms with Crippen LogP contribution in [0.3, 0.4) is 0 Å². The zero-order chi connectivity index (χ0) is 10.9. The van der Waals surface area contributed by atoms with E-state index in [2.05, 4.69) is 4.98 Å². The zero-order valence-electron chi connectivity index (χ0n) is 7.29. The van der Waals surface area contributed by atoms with Gasteiger partial charge in [-0.2, -0.15) is 4.39 Å². The fourth-order valence-electron chi connectivity index (χ4n) is 0.902. The molecule has 1 rings (SSSR count). The third-order valence-electron chi connectivity index (χ3n) is 1.81. The van der Waals surface area contributed by atoms with Crippen molar-refractivity contribution in [1.29, 1.82) is 0 Å². The quantitative estimate of drug-likeness (QED) is 0.730. The lowest BCUT2D eigenvalue weighted by atomic mass is 9.95. The van der Waals surface area contributed by atoms with Crippen molar-refractivity contribution < 1.29 is 14.3 Å². The van der Waals surface area contributed by atoms with Gasteiger partial charge in [-0.3, -0.25) is 0 Å². The summed E-state index contributed by atoms with van der Waals surface area (Å²) in [6.07, 6.45) is 1.08. The highest BCUT2D eigenvalue weighted by atomic mass is 35.5. The third-order valence-corrected chi connectivity index (χ3v) is 2.02. The van der Waals surface area contributed by atoms with Gasteiger partial charge in [0.05, 0.1) is 5.02 Å². The third kappa shape index (κ3) is 1.83. The van der Waals surface area contributed by atoms with Gasteiger partial charge in [-0.1, -0.05) is 11.6 Å². The molecule has 0 bridgehead atoms. The summed E-state index contributed by atoms with van der Waals surface area (Å²) in [6, 6.07) is 1.15. The van der Waals surface area contributed by atoms with Crippen LogP contribution in [0.15, 0.2) is 12.3 Å². The van der Waals surface area contributed by atoms with Crippen molar-refractivity contribution in [3.8, 4) is 0 Å². The molecule has 0 fully saturated rings. The van der Waals surface area contributed by atoms with E-state index in [1.54, 1.807) is 0 Å². The van der Waals surface area contributed by atoms with E-state index in [1.807, 2.05) is 0 Å². The number of aliphatic carboxylic acids is 1. The van der Waals surface area contributed by atoms with Gasteiger partial charge in [0.15, 0.2) is 0 Å². The van der Waals surface area contributed by atoms with Crippen LogP contribution < -0.4 is 5.73 Å². The molecule has 14 heavy (non-hydrogen) atoms. The number of pyridine rings is 1. The summed E-state index contributed by atoms with van der Waals surface area (Å²) in [4.78, 5) is 14.0. The molecular formula is C8H8ClFN2O2. The van der Waals surface area contributed by atoms with Gasteiger partial charge in [-0.25, -0.2) is 9.78 Å². The Hall–Kier alpha value is -1.20. The molecule has 0 radical (unpaired) electrons. The van der Waals surface area contributed by atoms with E-state index in [0.29, 0.717) is 0 Å². The molecule has 4 nitrogen and oxygen atoms in total. The summed E-state index contributed by atoms with van der Waals surface area (Å²) in [5, 5.41) is 8.89. The summed E-state index contributed by atoms with van der Waals surface area (Å²) in [6.45, 7) is 1.17. The van der Waals surface area contributed by atoms with Crippen molar-refractivity contribution in [2.45, 2.75) is 12.5 Å². The second kappa shape index (κ2) is 3.51. The number of carbonyl (C=O) groups is 1. The Morgan fingerprint density at radius 1 is 1.79 bits per heavy atom. The number of nitrogens with two attached hydrogens (primary N) is 1. The highest BCUT2D eigenvalue weighted by Crippen LogP contribution is 2.22. The number of nitrogens with zero attached hydrogens (tertiary/aromatic N) is 1. The number of hydrogen-bond donors (Lipinski definition) is 2. The maximum absolute atomic E-state index is 13.1. The van der Waals surface area contributed by atoms with Crippen LogP contribution in [0.4, 0.5) is 4.39 Å². The molecule has 0 aromatic carbocycles. The normalized spacial score (nSPS) is 14.9. The molecule has 0 saturated carbocycles. The van der Waals surface area contributed by atoms with E-state index in [-0.39, 0.29) is 10.6 Å². The lowest BCUT2D eigenvalue weighted by Crippen LogP contribution is -2.42. The molecule has 76 valence electrons. The Morgan fingerprint density at radius 2 is 2.36 bits per heavy atom. The van der Waals surface area contributed by atoms with Gasteiger partial charge in [-0.05, 0) is 13.0 Å². The first-order chi connectivity index (χ1) is 6.35. The Kier molecular flexibility index (Phi) is 2.73. The van der Waals surface area contributed by atoms with Gasteiger partial charge in [-0.15, -0.1) is 0 Å². The predicted octanol–water partition coefficient (Wildman–Crippen LogP) is 1.13. The zero-order valence-corrected chi connectivity index (χ0v) is 8.05. The monoisotopic (exact) mass is 218 g/mol.